The number of unbranched alkanes of at least 4 members (excludes halogenated alkanes) is 2. The molecule has 0 bridgehead atoms. The molecule has 0 aromatic heterocycles. The molecule has 1 aromatic carbocycles. The quantitative estimate of drug-likeness (QED) is 0.605. The van der Waals surface area contributed by atoms with Gasteiger partial charge in [0.15, 0.2) is 0 Å². The summed E-state index contributed by atoms with van der Waals surface area (Å²) >= 11 is 0. The number of nitrogens with one attached hydrogen (secondary N) is 1. The van der Waals surface area contributed by atoms with Crippen LogP contribution < -0.4 is 4.72 Å². The van der Waals surface area contributed by atoms with Gasteiger partial charge in [-0.3, -0.25) is 0 Å². The molecule has 132 valence electrons. The topological polar surface area (TPSA) is 69.6 Å². The molecule has 0 aliphatic carbocycles. The minimum atomic E-state index is -3.56. The standard InChI is InChI=1S/C17H30N2O3S/c1-4-5-7-10-15(2)19(3)14-16(20)13-18-23(21,22)17-11-8-6-9-12-17/h6,8-9,11-12,15-16,18,20H,4-5,7,10,13-14H2,1-3H3/t15-,16+/m1/s1. The predicted octanol–water partition coefficient (Wildman–Crippen LogP) is 2.23. The molecule has 23 heavy (non-hydrogen) atoms. The summed E-state index contributed by atoms with van der Waals surface area (Å²) in [6.45, 7) is 4.78. The van der Waals surface area contributed by atoms with Crippen LogP contribution in [0, 0.1) is 0 Å². The van der Waals surface area contributed by atoms with Crippen molar-refractivity contribution in [2.24, 2.45) is 0 Å². The molecule has 5 nitrogen and oxygen atoms in total. The fraction of sp³-hybridized carbons (Fsp3) is 0.647. The largest absolute Gasteiger partial charge is 0.390 e. The van der Waals surface area contributed by atoms with E-state index in [1.807, 2.05) is 7.05 Å². The van der Waals surface area contributed by atoms with Crippen LogP contribution >= 0.6 is 0 Å². The summed E-state index contributed by atoms with van der Waals surface area (Å²) in [5.41, 5.74) is 0. The van der Waals surface area contributed by atoms with Gasteiger partial charge in [-0.1, -0.05) is 44.4 Å². The second-order valence-electron chi connectivity index (χ2n) is 6.10. The number of rotatable bonds is 11. The van der Waals surface area contributed by atoms with Crippen molar-refractivity contribution < 1.29 is 13.5 Å². The first-order chi connectivity index (χ1) is 10.9. The van der Waals surface area contributed by atoms with Crippen molar-refractivity contribution >= 4 is 10.0 Å². The lowest BCUT2D eigenvalue weighted by molar-refractivity contribution is 0.108. The van der Waals surface area contributed by atoms with Crippen LogP contribution in [0.25, 0.3) is 0 Å². The first-order valence-electron chi connectivity index (χ1n) is 8.29. The fourth-order valence-electron chi connectivity index (χ4n) is 2.38. The summed E-state index contributed by atoms with van der Waals surface area (Å²) in [6.07, 6.45) is 3.95. The molecule has 0 fully saturated rings. The van der Waals surface area contributed by atoms with Gasteiger partial charge in [-0.15, -0.1) is 0 Å². The first-order valence-corrected chi connectivity index (χ1v) is 9.78. The first kappa shape index (κ1) is 20.1. The Balaban J connectivity index is 2.40. The van der Waals surface area contributed by atoms with E-state index in [0.717, 1.165) is 6.42 Å². The minimum Gasteiger partial charge on any atom is -0.390 e. The zero-order chi connectivity index (χ0) is 17.3. The molecule has 0 aliphatic heterocycles. The number of hydrogen-bond acceptors (Lipinski definition) is 4. The Hall–Kier alpha value is -0.950. The highest BCUT2D eigenvalue weighted by Crippen LogP contribution is 2.09. The van der Waals surface area contributed by atoms with Gasteiger partial charge in [0.25, 0.3) is 0 Å². The van der Waals surface area contributed by atoms with E-state index >= 15 is 0 Å². The molecule has 0 heterocycles. The highest BCUT2D eigenvalue weighted by atomic mass is 32.2. The van der Waals surface area contributed by atoms with Crippen molar-refractivity contribution in [1.29, 1.82) is 0 Å². The summed E-state index contributed by atoms with van der Waals surface area (Å²) in [4.78, 5) is 2.30. The van der Waals surface area contributed by atoms with E-state index in [2.05, 4.69) is 23.5 Å². The van der Waals surface area contributed by atoms with E-state index in [1.165, 1.54) is 31.4 Å². The zero-order valence-electron chi connectivity index (χ0n) is 14.4. The Bertz CT molecular complexity index is 534. The van der Waals surface area contributed by atoms with Crippen LogP contribution in [0.3, 0.4) is 0 Å². The average molecular weight is 343 g/mol. The lowest BCUT2D eigenvalue weighted by atomic mass is 10.1. The summed E-state index contributed by atoms with van der Waals surface area (Å²) in [7, 11) is -1.59. The average Bonchev–Trinajstić information content (AvgIpc) is 2.54. The minimum absolute atomic E-state index is 0.0171. The molecule has 6 heteroatoms. The maximum Gasteiger partial charge on any atom is 0.240 e. The van der Waals surface area contributed by atoms with E-state index in [0.29, 0.717) is 12.6 Å². The van der Waals surface area contributed by atoms with Gasteiger partial charge in [0.05, 0.1) is 11.0 Å². The van der Waals surface area contributed by atoms with Crippen LogP contribution in [0.4, 0.5) is 0 Å². The van der Waals surface area contributed by atoms with Crippen molar-refractivity contribution in [3.05, 3.63) is 30.3 Å². The third-order valence-electron chi connectivity index (χ3n) is 4.04. The zero-order valence-corrected chi connectivity index (χ0v) is 15.2. The smallest absolute Gasteiger partial charge is 0.240 e. The summed E-state index contributed by atoms with van der Waals surface area (Å²) in [5.74, 6) is 0. The maximum absolute atomic E-state index is 12.1. The molecular formula is C17H30N2O3S. The third-order valence-corrected chi connectivity index (χ3v) is 5.48. The van der Waals surface area contributed by atoms with Crippen molar-refractivity contribution in [3.8, 4) is 0 Å². The number of hydrogen-bond donors (Lipinski definition) is 2. The Labute approximate surface area is 140 Å². The number of aliphatic hydroxyl groups is 1. The van der Waals surface area contributed by atoms with E-state index in [9.17, 15) is 13.5 Å². The maximum atomic E-state index is 12.1. The molecule has 1 rings (SSSR count). The van der Waals surface area contributed by atoms with Gasteiger partial charge in [-0.25, -0.2) is 13.1 Å². The lowest BCUT2D eigenvalue weighted by Gasteiger charge is -2.27. The monoisotopic (exact) mass is 342 g/mol. The summed E-state index contributed by atoms with van der Waals surface area (Å²) in [5, 5.41) is 10.1. The Morgan fingerprint density at radius 2 is 1.87 bits per heavy atom. The van der Waals surface area contributed by atoms with Crippen molar-refractivity contribution in [1.82, 2.24) is 9.62 Å². The molecule has 0 aliphatic rings. The van der Waals surface area contributed by atoms with Gasteiger partial charge < -0.3 is 10.0 Å². The second kappa shape index (κ2) is 10.0. The van der Waals surface area contributed by atoms with Crippen LogP contribution in [0.15, 0.2) is 35.2 Å². The normalized spacial score (nSPS) is 14.8. The van der Waals surface area contributed by atoms with Gasteiger partial charge in [0.2, 0.25) is 10.0 Å². The third kappa shape index (κ3) is 7.44. The Kier molecular flexibility index (Phi) is 8.76. The number of sulfonamides is 1. The SMILES string of the molecule is CCCCC[C@@H](C)N(C)C[C@@H](O)CNS(=O)(=O)c1ccccc1. The predicted molar refractivity (Wildman–Crippen MR) is 93.9 cm³/mol. The Morgan fingerprint density at radius 1 is 1.22 bits per heavy atom. The van der Waals surface area contributed by atoms with Gasteiger partial charge in [0, 0.05) is 19.1 Å². The van der Waals surface area contributed by atoms with Crippen LogP contribution in [-0.4, -0.2) is 50.7 Å². The molecule has 1 aromatic rings. The number of benzene rings is 1. The number of likely N-dealkylation sites (N-methyl/N-ethyl adjacent to an activating group) is 1. The summed E-state index contributed by atoms with van der Waals surface area (Å²) in [6, 6.07) is 8.57. The molecule has 0 amide bonds. The molecule has 0 spiro atoms. The van der Waals surface area contributed by atoms with Gasteiger partial charge in [-0.2, -0.15) is 0 Å². The lowest BCUT2D eigenvalue weighted by Crippen LogP contribution is -2.41. The van der Waals surface area contributed by atoms with Gasteiger partial charge in [-0.05, 0) is 32.5 Å². The van der Waals surface area contributed by atoms with E-state index in [-0.39, 0.29) is 11.4 Å². The number of nitrogens with zero attached hydrogens (tertiary/aromatic N) is 1. The molecule has 0 radical (unpaired) electrons. The molecule has 0 saturated heterocycles. The Morgan fingerprint density at radius 3 is 2.48 bits per heavy atom. The van der Waals surface area contributed by atoms with Crippen LogP contribution in [0.1, 0.15) is 39.5 Å². The van der Waals surface area contributed by atoms with Crippen LogP contribution in [-0.2, 0) is 10.0 Å². The highest BCUT2D eigenvalue weighted by molar-refractivity contribution is 7.89. The van der Waals surface area contributed by atoms with Crippen molar-refractivity contribution in [3.63, 3.8) is 0 Å². The van der Waals surface area contributed by atoms with Crippen molar-refractivity contribution in [2.45, 2.75) is 56.6 Å². The molecule has 2 atom stereocenters. The van der Waals surface area contributed by atoms with E-state index < -0.39 is 16.1 Å². The number of aliphatic hydroxyl groups excluding tert-OH is 1. The van der Waals surface area contributed by atoms with Gasteiger partial charge >= 0.3 is 0 Å². The molecule has 0 saturated carbocycles. The molecule has 2 N–H and O–H groups in total. The second-order valence-corrected chi connectivity index (χ2v) is 7.87. The van der Waals surface area contributed by atoms with E-state index in [4.69, 9.17) is 0 Å². The molecular weight excluding hydrogens is 312 g/mol. The van der Waals surface area contributed by atoms with Crippen LogP contribution in [0.5, 0.6) is 0 Å². The summed E-state index contributed by atoms with van der Waals surface area (Å²) < 4.78 is 26.7. The fourth-order valence-corrected chi connectivity index (χ4v) is 3.47. The van der Waals surface area contributed by atoms with Crippen LogP contribution in [0.2, 0.25) is 0 Å². The highest BCUT2D eigenvalue weighted by Gasteiger charge is 2.18. The van der Waals surface area contributed by atoms with Crippen molar-refractivity contribution in [2.75, 3.05) is 20.1 Å². The molecule has 0 unspecified atom stereocenters. The van der Waals surface area contributed by atoms with Gasteiger partial charge in [0.1, 0.15) is 0 Å². The van der Waals surface area contributed by atoms with E-state index in [1.54, 1.807) is 18.2 Å².